The van der Waals surface area contributed by atoms with Crippen LogP contribution >= 0.6 is 11.8 Å². The lowest BCUT2D eigenvalue weighted by Gasteiger charge is -2.20. The first-order valence-electron chi connectivity index (χ1n) is 6.92. The van der Waals surface area contributed by atoms with Gasteiger partial charge in [-0.3, -0.25) is 0 Å². The Balaban J connectivity index is 1.87. The van der Waals surface area contributed by atoms with E-state index in [1.54, 1.807) is 12.1 Å². The Morgan fingerprint density at radius 2 is 1.95 bits per heavy atom. The smallest absolute Gasteiger partial charge is 0.387 e. The summed E-state index contributed by atoms with van der Waals surface area (Å²) in [6, 6.07) is 7.66. The van der Waals surface area contributed by atoms with Crippen LogP contribution in [0.5, 0.6) is 5.75 Å². The molecule has 1 saturated carbocycles. The van der Waals surface area contributed by atoms with E-state index in [1.807, 2.05) is 23.9 Å². The fourth-order valence-electron chi connectivity index (χ4n) is 2.69. The number of thioether (sulfide) groups is 1. The van der Waals surface area contributed by atoms with Crippen LogP contribution in [-0.2, 0) is 0 Å². The van der Waals surface area contributed by atoms with Gasteiger partial charge in [0.25, 0.3) is 0 Å². The Morgan fingerprint density at radius 1 is 1.25 bits per heavy atom. The number of nitrogens with one attached hydrogen (secondary N) is 1. The third kappa shape index (κ3) is 4.35. The van der Waals surface area contributed by atoms with Gasteiger partial charge in [-0.05, 0) is 50.1 Å². The zero-order valence-electron chi connectivity index (χ0n) is 11.8. The molecule has 0 aliphatic heterocycles. The van der Waals surface area contributed by atoms with Crippen molar-refractivity contribution in [3.63, 3.8) is 0 Å². The fourth-order valence-corrected chi connectivity index (χ4v) is 3.49. The summed E-state index contributed by atoms with van der Waals surface area (Å²) in [7, 11) is 0. The second-order valence-electron chi connectivity index (χ2n) is 5.20. The van der Waals surface area contributed by atoms with Crippen molar-refractivity contribution in [1.29, 1.82) is 0 Å². The van der Waals surface area contributed by atoms with Gasteiger partial charge in [0.15, 0.2) is 0 Å². The van der Waals surface area contributed by atoms with Gasteiger partial charge in [-0.25, -0.2) is 0 Å². The second kappa shape index (κ2) is 7.27. The molecular formula is C15H21F2NOS. The van der Waals surface area contributed by atoms with Gasteiger partial charge in [0.1, 0.15) is 5.75 Å². The van der Waals surface area contributed by atoms with Gasteiger partial charge in [0, 0.05) is 17.3 Å². The minimum absolute atomic E-state index is 0.208. The van der Waals surface area contributed by atoms with E-state index >= 15 is 0 Å². The molecule has 1 aliphatic rings. The van der Waals surface area contributed by atoms with Crippen LogP contribution in [-0.4, -0.2) is 24.2 Å². The van der Waals surface area contributed by atoms with E-state index in [4.69, 9.17) is 0 Å². The average Bonchev–Trinajstić information content (AvgIpc) is 2.86. The second-order valence-corrected chi connectivity index (χ2v) is 6.34. The van der Waals surface area contributed by atoms with Crippen molar-refractivity contribution >= 4 is 11.8 Å². The molecular weight excluding hydrogens is 280 g/mol. The maximum absolute atomic E-state index is 12.1. The monoisotopic (exact) mass is 301 g/mol. The van der Waals surface area contributed by atoms with Crippen molar-refractivity contribution < 1.29 is 13.5 Å². The van der Waals surface area contributed by atoms with E-state index < -0.39 is 6.61 Å². The molecule has 0 saturated heterocycles. The molecule has 1 aliphatic carbocycles. The highest BCUT2D eigenvalue weighted by molar-refractivity contribution is 7.99. The van der Waals surface area contributed by atoms with Gasteiger partial charge < -0.3 is 10.1 Å². The number of rotatable bonds is 6. The predicted octanol–water partition coefficient (Wildman–Crippen LogP) is 4.22. The largest absolute Gasteiger partial charge is 0.435 e. The standard InChI is InChI=1S/C15H21F2NOS/c1-10(18-12-5-8-14(9-12)20-2)11-3-6-13(7-4-11)19-15(16)17/h3-4,6-7,10,12,14-15,18H,5,8-9H2,1-2H3. The van der Waals surface area contributed by atoms with Crippen LogP contribution < -0.4 is 10.1 Å². The fraction of sp³-hybridized carbons (Fsp3) is 0.600. The Hall–Kier alpha value is -0.810. The Labute approximate surface area is 123 Å². The van der Waals surface area contributed by atoms with Crippen LogP contribution in [0.25, 0.3) is 0 Å². The van der Waals surface area contributed by atoms with E-state index in [9.17, 15) is 8.78 Å². The van der Waals surface area contributed by atoms with Crippen molar-refractivity contribution in [1.82, 2.24) is 5.32 Å². The number of hydrogen-bond acceptors (Lipinski definition) is 3. The average molecular weight is 301 g/mol. The molecule has 0 heterocycles. The summed E-state index contributed by atoms with van der Waals surface area (Å²) in [4.78, 5) is 0. The van der Waals surface area contributed by atoms with Gasteiger partial charge in [0.2, 0.25) is 0 Å². The first-order chi connectivity index (χ1) is 9.58. The molecule has 1 N–H and O–H groups in total. The molecule has 2 rings (SSSR count). The summed E-state index contributed by atoms with van der Waals surface area (Å²) in [5, 5.41) is 4.38. The summed E-state index contributed by atoms with van der Waals surface area (Å²) in [5.41, 5.74) is 1.10. The molecule has 0 amide bonds. The van der Waals surface area contributed by atoms with Gasteiger partial charge in [-0.15, -0.1) is 0 Å². The van der Waals surface area contributed by atoms with Crippen molar-refractivity contribution in [2.75, 3.05) is 6.26 Å². The minimum Gasteiger partial charge on any atom is -0.435 e. The number of alkyl halides is 2. The number of hydrogen-bond donors (Lipinski definition) is 1. The van der Waals surface area contributed by atoms with Crippen LogP contribution in [0.4, 0.5) is 8.78 Å². The third-order valence-electron chi connectivity index (χ3n) is 3.81. The Bertz CT molecular complexity index is 413. The summed E-state index contributed by atoms with van der Waals surface area (Å²) in [5.74, 6) is 0.208. The number of halogens is 2. The van der Waals surface area contributed by atoms with E-state index in [0.29, 0.717) is 6.04 Å². The van der Waals surface area contributed by atoms with Crippen molar-refractivity contribution in [2.24, 2.45) is 0 Å². The highest BCUT2D eigenvalue weighted by Crippen LogP contribution is 2.30. The van der Waals surface area contributed by atoms with Crippen LogP contribution in [0.2, 0.25) is 0 Å². The lowest BCUT2D eigenvalue weighted by molar-refractivity contribution is -0.0498. The van der Waals surface area contributed by atoms with Crippen molar-refractivity contribution in [3.05, 3.63) is 29.8 Å². The molecule has 0 bridgehead atoms. The quantitative estimate of drug-likeness (QED) is 0.850. The maximum Gasteiger partial charge on any atom is 0.387 e. The van der Waals surface area contributed by atoms with Gasteiger partial charge >= 0.3 is 6.61 Å². The summed E-state index contributed by atoms with van der Waals surface area (Å²) >= 11 is 1.94. The minimum atomic E-state index is -2.77. The van der Waals surface area contributed by atoms with Gasteiger partial charge in [0.05, 0.1) is 0 Å². The highest BCUT2D eigenvalue weighted by Gasteiger charge is 2.25. The van der Waals surface area contributed by atoms with E-state index in [1.165, 1.54) is 19.3 Å². The molecule has 2 nitrogen and oxygen atoms in total. The molecule has 20 heavy (non-hydrogen) atoms. The molecule has 1 aromatic carbocycles. The molecule has 0 aromatic heterocycles. The van der Waals surface area contributed by atoms with Crippen molar-refractivity contribution in [2.45, 2.75) is 50.1 Å². The molecule has 5 heteroatoms. The van der Waals surface area contributed by atoms with Gasteiger partial charge in [-0.1, -0.05) is 12.1 Å². The predicted molar refractivity (Wildman–Crippen MR) is 79.6 cm³/mol. The molecule has 3 atom stereocenters. The van der Waals surface area contributed by atoms with E-state index in [0.717, 1.165) is 10.8 Å². The first-order valence-corrected chi connectivity index (χ1v) is 8.21. The Kier molecular flexibility index (Phi) is 5.66. The summed E-state index contributed by atoms with van der Waals surface area (Å²) < 4.78 is 28.5. The maximum atomic E-state index is 12.1. The SMILES string of the molecule is CSC1CCC(NC(C)c2ccc(OC(F)F)cc2)C1. The Morgan fingerprint density at radius 3 is 2.50 bits per heavy atom. The normalized spacial score (nSPS) is 24.1. The molecule has 0 spiro atoms. The van der Waals surface area contributed by atoms with Gasteiger partial charge in [-0.2, -0.15) is 20.5 Å². The first kappa shape index (κ1) is 15.6. The summed E-state index contributed by atoms with van der Waals surface area (Å²) in [6.45, 7) is -0.659. The van der Waals surface area contributed by atoms with Crippen LogP contribution in [0.1, 0.15) is 37.8 Å². The molecule has 0 radical (unpaired) electrons. The van der Waals surface area contributed by atoms with E-state index in [-0.39, 0.29) is 11.8 Å². The third-order valence-corrected chi connectivity index (χ3v) is 4.90. The van der Waals surface area contributed by atoms with E-state index in [2.05, 4.69) is 23.2 Å². The van der Waals surface area contributed by atoms with Crippen LogP contribution in [0.15, 0.2) is 24.3 Å². The zero-order valence-corrected chi connectivity index (χ0v) is 12.6. The van der Waals surface area contributed by atoms with Crippen LogP contribution in [0, 0.1) is 0 Å². The molecule has 3 unspecified atom stereocenters. The number of benzene rings is 1. The lowest BCUT2D eigenvalue weighted by atomic mass is 10.1. The molecule has 1 aromatic rings. The topological polar surface area (TPSA) is 21.3 Å². The van der Waals surface area contributed by atoms with Crippen LogP contribution in [0.3, 0.4) is 0 Å². The lowest BCUT2D eigenvalue weighted by Crippen LogP contribution is -2.29. The highest BCUT2D eigenvalue weighted by atomic mass is 32.2. The molecule has 112 valence electrons. The van der Waals surface area contributed by atoms with Crippen molar-refractivity contribution in [3.8, 4) is 5.75 Å². The number of ether oxygens (including phenoxy) is 1. The summed E-state index contributed by atoms with van der Waals surface area (Å²) in [6.07, 6.45) is 5.85. The zero-order chi connectivity index (χ0) is 14.5. The molecule has 1 fully saturated rings.